The van der Waals surface area contributed by atoms with Gasteiger partial charge >= 0.3 is 0 Å². The summed E-state index contributed by atoms with van der Waals surface area (Å²) in [6, 6.07) is 18.6. The number of rotatable bonds is 4. The SMILES string of the molecule is Cc1ccc(-c2csc(NC(=O)C3Cc4ccccc4CN3C(=O)c3ccco3)n2)cc1. The van der Waals surface area contributed by atoms with Crippen LogP contribution in [0.4, 0.5) is 5.13 Å². The van der Waals surface area contributed by atoms with Gasteiger partial charge in [0.05, 0.1) is 12.0 Å². The molecule has 1 atom stereocenters. The molecule has 0 saturated heterocycles. The van der Waals surface area contributed by atoms with Gasteiger partial charge < -0.3 is 14.6 Å². The number of thiazole rings is 1. The van der Waals surface area contributed by atoms with E-state index in [1.807, 2.05) is 60.8 Å². The number of benzene rings is 2. The Kier molecular flexibility index (Phi) is 5.33. The molecular weight excluding hydrogens is 422 g/mol. The summed E-state index contributed by atoms with van der Waals surface area (Å²) in [4.78, 5) is 32.5. The summed E-state index contributed by atoms with van der Waals surface area (Å²) in [6.45, 7) is 2.38. The second-order valence-corrected chi connectivity index (χ2v) is 8.65. The second kappa shape index (κ2) is 8.43. The lowest BCUT2D eigenvalue weighted by molar-refractivity contribution is -0.121. The molecule has 2 aromatic carbocycles. The van der Waals surface area contributed by atoms with E-state index >= 15 is 0 Å². The fourth-order valence-corrected chi connectivity index (χ4v) is 4.61. The van der Waals surface area contributed by atoms with Gasteiger partial charge in [-0.1, -0.05) is 54.1 Å². The molecule has 6 nitrogen and oxygen atoms in total. The van der Waals surface area contributed by atoms with E-state index < -0.39 is 6.04 Å². The number of amides is 2. The van der Waals surface area contributed by atoms with Gasteiger partial charge in [-0.25, -0.2) is 4.98 Å². The number of aryl methyl sites for hydroxylation is 1. The molecule has 7 heteroatoms. The van der Waals surface area contributed by atoms with Crippen LogP contribution in [0, 0.1) is 6.92 Å². The highest BCUT2D eigenvalue weighted by atomic mass is 32.1. The number of hydrogen-bond acceptors (Lipinski definition) is 5. The van der Waals surface area contributed by atoms with E-state index in [1.165, 1.54) is 23.2 Å². The van der Waals surface area contributed by atoms with E-state index in [-0.39, 0.29) is 17.6 Å². The molecule has 0 bridgehead atoms. The Balaban J connectivity index is 1.39. The summed E-state index contributed by atoms with van der Waals surface area (Å²) in [5, 5.41) is 5.35. The largest absolute Gasteiger partial charge is 0.459 e. The fraction of sp³-hybridized carbons (Fsp3) is 0.160. The van der Waals surface area contributed by atoms with Crippen molar-refractivity contribution in [3.63, 3.8) is 0 Å². The molecule has 2 amide bonds. The van der Waals surface area contributed by atoms with Crippen molar-refractivity contribution in [2.24, 2.45) is 0 Å². The molecule has 5 rings (SSSR count). The van der Waals surface area contributed by atoms with E-state index in [4.69, 9.17) is 4.42 Å². The maximum atomic E-state index is 13.3. The molecule has 1 aliphatic rings. The van der Waals surface area contributed by atoms with Gasteiger partial charge in [0.2, 0.25) is 5.91 Å². The molecule has 0 saturated carbocycles. The lowest BCUT2D eigenvalue weighted by atomic mass is 9.93. The maximum Gasteiger partial charge on any atom is 0.290 e. The van der Waals surface area contributed by atoms with Gasteiger partial charge in [-0.15, -0.1) is 11.3 Å². The van der Waals surface area contributed by atoms with Crippen molar-refractivity contribution in [1.82, 2.24) is 9.88 Å². The molecule has 4 aromatic rings. The van der Waals surface area contributed by atoms with Gasteiger partial charge in [0.25, 0.3) is 5.91 Å². The zero-order valence-electron chi connectivity index (χ0n) is 17.4. The lowest BCUT2D eigenvalue weighted by Gasteiger charge is -2.35. The van der Waals surface area contributed by atoms with Crippen molar-refractivity contribution in [1.29, 1.82) is 0 Å². The number of nitrogens with zero attached hydrogens (tertiary/aromatic N) is 2. The van der Waals surface area contributed by atoms with E-state index in [9.17, 15) is 9.59 Å². The summed E-state index contributed by atoms with van der Waals surface area (Å²) in [5.74, 6) is -0.341. The third-order valence-electron chi connectivity index (χ3n) is 5.63. The average Bonchev–Trinajstić information content (AvgIpc) is 3.51. The minimum Gasteiger partial charge on any atom is -0.459 e. The van der Waals surface area contributed by atoms with Crippen molar-refractivity contribution < 1.29 is 14.0 Å². The van der Waals surface area contributed by atoms with Gasteiger partial charge in [-0.3, -0.25) is 9.59 Å². The third kappa shape index (κ3) is 3.94. The third-order valence-corrected chi connectivity index (χ3v) is 6.38. The highest BCUT2D eigenvalue weighted by molar-refractivity contribution is 7.14. The summed E-state index contributed by atoms with van der Waals surface area (Å²) in [5.41, 5.74) is 5.08. The molecule has 32 heavy (non-hydrogen) atoms. The van der Waals surface area contributed by atoms with E-state index in [0.717, 1.165) is 22.4 Å². The van der Waals surface area contributed by atoms with Gasteiger partial charge in [-0.05, 0) is 30.2 Å². The van der Waals surface area contributed by atoms with Gasteiger partial charge in [0.1, 0.15) is 6.04 Å². The van der Waals surface area contributed by atoms with Crippen LogP contribution in [0.3, 0.4) is 0 Å². The predicted octanol–water partition coefficient (Wildman–Crippen LogP) is 4.92. The number of fused-ring (bicyclic) bond motifs is 1. The Morgan fingerprint density at radius 3 is 2.59 bits per heavy atom. The van der Waals surface area contributed by atoms with Crippen LogP contribution in [0.2, 0.25) is 0 Å². The summed E-state index contributed by atoms with van der Waals surface area (Å²) < 4.78 is 5.31. The first kappa shape index (κ1) is 20.2. The predicted molar refractivity (Wildman–Crippen MR) is 123 cm³/mol. The van der Waals surface area contributed by atoms with Crippen LogP contribution in [0.5, 0.6) is 0 Å². The number of carbonyl (C=O) groups is 2. The summed E-state index contributed by atoms with van der Waals surface area (Å²) in [7, 11) is 0. The monoisotopic (exact) mass is 443 g/mol. The van der Waals surface area contributed by atoms with E-state index in [0.29, 0.717) is 18.1 Å². The van der Waals surface area contributed by atoms with Crippen molar-refractivity contribution in [3.05, 3.63) is 94.8 Å². The Bertz CT molecular complexity index is 1260. The van der Waals surface area contributed by atoms with Crippen LogP contribution in [0.1, 0.15) is 27.2 Å². The number of hydrogen-bond donors (Lipinski definition) is 1. The molecule has 1 N–H and O–H groups in total. The first-order valence-corrected chi connectivity index (χ1v) is 11.2. The highest BCUT2D eigenvalue weighted by Gasteiger charge is 2.36. The molecular formula is C25H21N3O3S. The maximum absolute atomic E-state index is 13.3. The Labute approximate surface area is 189 Å². The van der Waals surface area contributed by atoms with Crippen LogP contribution < -0.4 is 5.32 Å². The topological polar surface area (TPSA) is 75.4 Å². The van der Waals surface area contributed by atoms with Crippen molar-refractivity contribution in [2.45, 2.75) is 25.9 Å². The molecule has 0 aliphatic carbocycles. The number of anilines is 1. The quantitative estimate of drug-likeness (QED) is 0.486. The van der Waals surface area contributed by atoms with Gasteiger partial charge in [0, 0.05) is 23.9 Å². The van der Waals surface area contributed by atoms with Crippen LogP contribution >= 0.6 is 11.3 Å². The normalized spacial score (nSPS) is 15.3. The van der Waals surface area contributed by atoms with Gasteiger partial charge in [0.15, 0.2) is 10.9 Å². The van der Waals surface area contributed by atoms with Crippen molar-refractivity contribution in [2.75, 3.05) is 5.32 Å². The van der Waals surface area contributed by atoms with Crippen LogP contribution in [0.25, 0.3) is 11.3 Å². The minimum absolute atomic E-state index is 0.220. The number of nitrogens with one attached hydrogen (secondary N) is 1. The zero-order chi connectivity index (χ0) is 22.1. The number of furan rings is 1. The Morgan fingerprint density at radius 1 is 1.06 bits per heavy atom. The Hall–Kier alpha value is -3.71. The summed E-state index contributed by atoms with van der Waals surface area (Å²) in [6.07, 6.45) is 1.90. The highest BCUT2D eigenvalue weighted by Crippen LogP contribution is 2.28. The van der Waals surface area contributed by atoms with E-state index in [1.54, 1.807) is 17.0 Å². The molecule has 1 unspecified atom stereocenters. The Morgan fingerprint density at radius 2 is 1.84 bits per heavy atom. The summed E-state index contributed by atoms with van der Waals surface area (Å²) >= 11 is 1.37. The molecule has 0 radical (unpaired) electrons. The van der Waals surface area contributed by atoms with Gasteiger partial charge in [-0.2, -0.15) is 0 Å². The molecule has 1 aliphatic heterocycles. The standard InChI is InChI=1S/C25H21N3O3S/c1-16-8-10-17(11-9-16)20-15-32-25(26-20)27-23(29)21-13-18-5-2-3-6-19(18)14-28(21)24(30)22-7-4-12-31-22/h2-12,15,21H,13-14H2,1H3,(H,26,27,29). The average molecular weight is 444 g/mol. The number of aromatic nitrogens is 1. The first-order valence-electron chi connectivity index (χ1n) is 10.3. The molecule has 0 spiro atoms. The molecule has 0 fully saturated rings. The van der Waals surface area contributed by atoms with E-state index in [2.05, 4.69) is 10.3 Å². The second-order valence-electron chi connectivity index (χ2n) is 7.79. The number of carbonyl (C=O) groups excluding carboxylic acids is 2. The first-order chi connectivity index (χ1) is 15.6. The van der Waals surface area contributed by atoms with Crippen molar-refractivity contribution >= 4 is 28.3 Å². The minimum atomic E-state index is -0.658. The lowest BCUT2D eigenvalue weighted by Crippen LogP contribution is -2.50. The zero-order valence-corrected chi connectivity index (χ0v) is 18.3. The molecule has 160 valence electrons. The van der Waals surface area contributed by atoms with Crippen LogP contribution in [-0.2, 0) is 17.8 Å². The van der Waals surface area contributed by atoms with Crippen LogP contribution in [-0.4, -0.2) is 27.7 Å². The van der Waals surface area contributed by atoms with Crippen LogP contribution in [0.15, 0.2) is 76.7 Å². The van der Waals surface area contributed by atoms with Crippen molar-refractivity contribution in [3.8, 4) is 11.3 Å². The fourth-order valence-electron chi connectivity index (χ4n) is 3.89. The molecule has 2 aromatic heterocycles. The molecule has 3 heterocycles. The smallest absolute Gasteiger partial charge is 0.290 e.